The normalized spacial score (nSPS) is 11.6. The summed E-state index contributed by atoms with van der Waals surface area (Å²) in [5.41, 5.74) is 3.83. The second-order valence-electron chi connectivity index (χ2n) is 6.09. The Balaban J connectivity index is 1.73. The minimum atomic E-state index is -0.253. The van der Waals surface area contributed by atoms with Gasteiger partial charge in [0, 0.05) is 17.0 Å². The van der Waals surface area contributed by atoms with Crippen LogP contribution in [-0.2, 0) is 0 Å². The fourth-order valence-electron chi connectivity index (χ4n) is 3.01. The van der Waals surface area contributed by atoms with Crippen molar-refractivity contribution in [2.75, 3.05) is 0 Å². The minimum absolute atomic E-state index is 0.253. The maximum absolute atomic E-state index is 12.5. The zero-order chi connectivity index (χ0) is 17.8. The lowest BCUT2D eigenvalue weighted by atomic mass is 10.1. The molecule has 0 atom stereocenters. The molecule has 8 nitrogen and oxygen atoms in total. The second kappa shape index (κ2) is 5.16. The van der Waals surface area contributed by atoms with E-state index < -0.39 is 0 Å². The Labute approximate surface area is 146 Å². The van der Waals surface area contributed by atoms with Crippen LogP contribution in [0.5, 0.6) is 0 Å². The smallest absolute Gasteiger partial charge is 0.274 e. The van der Waals surface area contributed by atoms with Crippen LogP contribution in [0.15, 0.2) is 50.4 Å². The van der Waals surface area contributed by atoms with E-state index in [9.17, 15) is 4.79 Å². The summed E-state index contributed by atoms with van der Waals surface area (Å²) in [6, 6.07) is 7.19. The van der Waals surface area contributed by atoms with E-state index in [-0.39, 0.29) is 5.56 Å². The molecule has 0 aliphatic rings. The minimum Gasteiger partial charge on any atom is -0.441 e. The summed E-state index contributed by atoms with van der Waals surface area (Å²) in [5, 5.41) is 9.04. The summed E-state index contributed by atoms with van der Waals surface area (Å²) >= 11 is 0. The summed E-state index contributed by atoms with van der Waals surface area (Å²) in [5.74, 6) is 1.09. The van der Waals surface area contributed by atoms with Crippen molar-refractivity contribution in [1.29, 1.82) is 0 Å². The van der Waals surface area contributed by atoms with Gasteiger partial charge in [0.25, 0.3) is 5.56 Å². The van der Waals surface area contributed by atoms with Crippen LogP contribution in [0.25, 0.3) is 39.3 Å². The van der Waals surface area contributed by atoms with Gasteiger partial charge in [0.2, 0.25) is 5.89 Å². The Morgan fingerprint density at radius 3 is 2.85 bits per heavy atom. The number of fused-ring (bicyclic) bond motifs is 2. The van der Waals surface area contributed by atoms with Crippen LogP contribution in [0.3, 0.4) is 0 Å². The van der Waals surface area contributed by atoms with E-state index in [0.717, 1.165) is 16.6 Å². The van der Waals surface area contributed by atoms with Crippen molar-refractivity contribution in [2.24, 2.45) is 0 Å². The van der Waals surface area contributed by atoms with Gasteiger partial charge in [-0.25, -0.2) is 4.98 Å². The number of hydrogen-bond acceptors (Lipinski definition) is 6. The molecule has 4 heterocycles. The molecule has 5 rings (SSSR count). The van der Waals surface area contributed by atoms with Gasteiger partial charge in [0.05, 0.1) is 23.8 Å². The van der Waals surface area contributed by atoms with E-state index in [1.807, 2.05) is 32.0 Å². The second-order valence-corrected chi connectivity index (χ2v) is 6.09. The SMILES string of the molecule is Cc1cnc(-c2cnn3c(=O)cc(-c4ccc5c(C)noc5c4)[nH]c23)o1. The van der Waals surface area contributed by atoms with Crippen LogP contribution in [0.1, 0.15) is 11.5 Å². The lowest BCUT2D eigenvalue weighted by Gasteiger charge is -2.04. The van der Waals surface area contributed by atoms with Gasteiger partial charge >= 0.3 is 0 Å². The summed E-state index contributed by atoms with van der Waals surface area (Å²) in [6.07, 6.45) is 3.19. The van der Waals surface area contributed by atoms with Crippen molar-refractivity contribution in [3.05, 3.63) is 58.5 Å². The van der Waals surface area contributed by atoms with E-state index >= 15 is 0 Å². The molecule has 0 radical (unpaired) electrons. The predicted octanol–water partition coefficient (Wildman–Crippen LogP) is 3.10. The van der Waals surface area contributed by atoms with Crippen LogP contribution in [0, 0.1) is 13.8 Å². The Morgan fingerprint density at radius 2 is 2.04 bits per heavy atom. The van der Waals surface area contributed by atoms with Gasteiger partial charge in [-0.2, -0.15) is 9.61 Å². The third-order valence-electron chi connectivity index (χ3n) is 4.31. The van der Waals surface area contributed by atoms with Gasteiger partial charge in [-0.3, -0.25) is 4.79 Å². The first-order chi connectivity index (χ1) is 12.6. The molecule has 0 spiro atoms. The molecule has 0 saturated heterocycles. The lowest BCUT2D eigenvalue weighted by molar-refractivity contribution is 0.450. The van der Waals surface area contributed by atoms with Crippen molar-refractivity contribution in [2.45, 2.75) is 13.8 Å². The third kappa shape index (κ3) is 2.08. The number of H-pyrrole nitrogens is 1. The summed E-state index contributed by atoms with van der Waals surface area (Å²) in [4.78, 5) is 20.0. The Kier molecular flexibility index (Phi) is 2.90. The highest BCUT2D eigenvalue weighted by molar-refractivity contribution is 5.84. The molecule has 26 heavy (non-hydrogen) atoms. The van der Waals surface area contributed by atoms with Crippen LogP contribution in [-0.4, -0.2) is 24.7 Å². The van der Waals surface area contributed by atoms with Crippen molar-refractivity contribution in [1.82, 2.24) is 24.7 Å². The molecule has 0 fully saturated rings. The molecule has 4 aromatic heterocycles. The molecule has 1 N–H and O–H groups in total. The van der Waals surface area contributed by atoms with Crippen LogP contribution in [0.4, 0.5) is 0 Å². The first-order valence-corrected chi connectivity index (χ1v) is 8.00. The standard InChI is InChI=1S/C18H13N5O3/c1-9-7-19-18(25-9)13-8-20-23-16(24)6-14(21-17(13)23)11-3-4-12-10(2)22-26-15(12)5-11/h3-8,21H,1-2H3. The summed E-state index contributed by atoms with van der Waals surface area (Å²) in [7, 11) is 0. The fraction of sp³-hybridized carbons (Fsp3) is 0.111. The molecule has 128 valence electrons. The summed E-state index contributed by atoms with van der Waals surface area (Å²) < 4.78 is 12.2. The quantitative estimate of drug-likeness (QED) is 0.526. The maximum Gasteiger partial charge on any atom is 0.274 e. The third-order valence-corrected chi connectivity index (χ3v) is 4.31. The molecule has 0 aliphatic heterocycles. The number of aryl methyl sites for hydroxylation is 2. The molecule has 5 aromatic rings. The van der Waals surface area contributed by atoms with Crippen LogP contribution in [0.2, 0.25) is 0 Å². The molecule has 0 unspecified atom stereocenters. The van der Waals surface area contributed by atoms with Gasteiger partial charge < -0.3 is 13.9 Å². The van der Waals surface area contributed by atoms with Crippen LogP contribution >= 0.6 is 0 Å². The number of rotatable bonds is 2. The van der Waals surface area contributed by atoms with Crippen molar-refractivity contribution in [3.63, 3.8) is 0 Å². The number of aromatic amines is 1. The van der Waals surface area contributed by atoms with E-state index in [0.29, 0.717) is 34.1 Å². The van der Waals surface area contributed by atoms with Crippen molar-refractivity contribution < 1.29 is 8.94 Å². The average molecular weight is 347 g/mol. The number of hydrogen-bond donors (Lipinski definition) is 1. The molecule has 0 bridgehead atoms. The number of benzene rings is 1. The highest BCUT2D eigenvalue weighted by Gasteiger charge is 2.15. The van der Waals surface area contributed by atoms with Gasteiger partial charge in [-0.05, 0) is 26.0 Å². The molecule has 0 amide bonds. The zero-order valence-electron chi connectivity index (χ0n) is 14.0. The van der Waals surface area contributed by atoms with E-state index in [1.165, 1.54) is 10.6 Å². The predicted molar refractivity (Wildman–Crippen MR) is 93.8 cm³/mol. The molecular weight excluding hydrogens is 334 g/mol. The average Bonchev–Trinajstić information content (AvgIpc) is 3.33. The van der Waals surface area contributed by atoms with Gasteiger partial charge in [0.15, 0.2) is 11.2 Å². The molecule has 0 saturated carbocycles. The van der Waals surface area contributed by atoms with E-state index in [4.69, 9.17) is 8.94 Å². The highest BCUT2D eigenvalue weighted by Crippen LogP contribution is 2.27. The first kappa shape index (κ1) is 14.6. The Hall–Kier alpha value is -3.68. The number of nitrogens with zero attached hydrogens (tertiary/aromatic N) is 4. The van der Waals surface area contributed by atoms with Crippen LogP contribution < -0.4 is 5.56 Å². The van der Waals surface area contributed by atoms with Crippen molar-refractivity contribution in [3.8, 4) is 22.7 Å². The van der Waals surface area contributed by atoms with E-state index in [1.54, 1.807) is 12.4 Å². The lowest BCUT2D eigenvalue weighted by Crippen LogP contribution is -2.14. The van der Waals surface area contributed by atoms with E-state index in [2.05, 4.69) is 20.2 Å². The number of oxazole rings is 1. The first-order valence-electron chi connectivity index (χ1n) is 8.00. The van der Waals surface area contributed by atoms with Gasteiger partial charge in [0.1, 0.15) is 11.3 Å². The number of nitrogens with one attached hydrogen (secondary N) is 1. The fourth-order valence-corrected chi connectivity index (χ4v) is 3.01. The van der Waals surface area contributed by atoms with Gasteiger partial charge in [-0.15, -0.1) is 0 Å². The molecular formula is C18H13N5O3. The van der Waals surface area contributed by atoms with Gasteiger partial charge in [-0.1, -0.05) is 11.2 Å². The topological polar surface area (TPSA) is 102 Å². The summed E-state index contributed by atoms with van der Waals surface area (Å²) in [6.45, 7) is 3.70. The van der Waals surface area contributed by atoms with Crippen molar-refractivity contribution >= 4 is 16.6 Å². The molecule has 0 aliphatic carbocycles. The monoisotopic (exact) mass is 347 g/mol. The molecule has 1 aromatic carbocycles. The number of aromatic nitrogens is 5. The molecule has 8 heteroatoms. The zero-order valence-corrected chi connectivity index (χ0v) is 14.0. The highest BCUT2D eigenvalue weighted by atomic mass is 16.5. The Morgan fingerprint density at radius 1 is 1.15 bits per heavy atom. The maximum atomic E-state index is 12.5. The Bertz CT molecular complexity index is 1340. The largest absolute Gasteiger partial charge is 0.441 e.